The number of nitrogens with one attached hydrogen (secondary N) is 3. The van der Waals surface area contributed by atoms with Crippen molar-refractivity contribution in [1.29, 1.82) is 10.8 Å². The summed E-state index contributed by atoms with van der Waals surface area (Å²) < 4.78 is 58.4. The number of alkyl halides is 3. The van der Waals surface area contributed by atoms with E-state index in [1.54, 1.807) is 24.3 Å². The van der Waals surface area contributed by atoms with E-state index in [0.717, 1.165) is 15.9 Å². The van der Waals surface area contributed by atoms with E-state index in [1.165, 1.54) is 19.2 Å². The van der Waals surface area contributed by atoms with Crippen LogP contribution in [0, 0.1) is 16.6 Å². The molecule has 1 unspecified atom stereocenters. The number of amides is 1. The summed E-state index contributed by atoms with van der Waals surface area (Å²) >= 11 is 0. The molecule has 3 N–H and O–H groups in total. The van der Waals surface area contributed by atoms with Gasteiger partial charge in [-0.2, -0.15) is 18.3 Å². The third-order valence-electron chi connectivity index (χ3n) is 5.73. The van der Waals surface area contributed by atoms with Crippen LogP contribution in [0.1, 0.15) is 21.6 Å². The highest BCUT2D eigenvalue weighted by Gasteiger charge is 2.40. The van der Waals surface area contributed by atoms with Gasteiger partial charge in [0.1, 0.15) is 24.4 Å². The zero-order valence-electron chi connectivity index (χ0n) is 19.7. The predicted octanol–water partition coefficient (Wildman–Crippen LogP) is 3.19. The lowest BCUT2D eigenvalue weighted by molar-refractivity contribution is -0.159. The maximum absolute atomic E-state index is 14.6. The molecule has 196 valence electrons. The molecule has 1 aromatic heterocycles. The number of carbonyl (C=O) groups excluding carboxylic acids is 1. The lowest BCUT2D eigenvalue weighted by atomic mass is 10.0. The Hall–Kier alpha value is -4.13. The van der Waals surface area contributed by atoms with Gasteiger partial charge in [-0.1, -0.05) is 24.3 Å². The number of hydrogen-bond donors (Lipinski definition) is 3. The van der Waals surface area contributed by atoms with E-state index in [2.05, 4.69) is 16.9 Å². The fourth-order valence-corrected chi connectivity index (χ4v) is 4.06. The molecule has 1 fully saturated rings. The molecule has 1 atom stereocenters. The largest absolute Gasteiger partial charge is 0.406 e. The van der Waals surface area contributed by atoms with Crippen molar-refractivity contribution in [2.24, 2.45) is 0 Å². The SMILES string of the molecule is C=N.COC1CN(C(=O)c2cc(Cc3n[nH]c(=O)c4ccccc34)ccc2F)CC(=N)N1CC(F)(F)F. The van der Waals surface area contributed by atoms with Gasteiger partial charge in [0.05, 0.1) is 29.7 Å². The number of ether oxygens (including phenoxy) is 1. The molecule has 0 spiro atoms. The standard InChI is InChI=1S/C23H21F4N5O3.CH3N/c1-35-20-11-31(10-19(28)32(20)12-23(25,26)27)22(34)16-8-13(6-7-17(16)24)9-18-14-4-2-3-5-15(14)21(33)30-29-18;1-2/h2-8,20,28H,9-12H2,1H3,(H,30,33);2H,1H2. The average molecular weight is 520 g/mol. The van der Waals surface area contributed by atoms with Crippen molar-refractivity contribution in [3.05, 3.63) is 75.5 Å². The number of fused-ring (bicyclic) bond motifs is 1. The van der Waals surface area contributed by atoms with Crippen molar-refractivity contribution in [3.8, 4) is 0 Å². The van der Waals surface area contributed by atoms with Crippen molar-refractivity contribution in [3.63, 3.8) is 0 Å². The lowest BCUT2D eigenvalue weighted by Gasteiger charge is -2.42. The molecular formula is C24H24F4N6O3. The molecule has 0 radical (unpaired) electrons. The van der Waals surface area contributed by atoms with E-state index in [4.69, 9.17) is 15.6 Å². The molecule has 1 aliphatic heterocycles. The minimum absolute atomic E-state index is 0.188. The highest BCUT2D eigenvalue weighted by Crippen LogP contribution is 2.24. The first-order valence-corrected chi connectivity index (χ1v) is 10.9. The number of aromatic nitrogens is 2. The number of halogens is 4. The second-order valence-electron chi connectivity index (χ2n) is 8.10. The highest BCUT2D eigenvalue weighted by molar-refractivity contribution is 5.98. The van der Waals surface area contributed by atoms with Gasteiger partial charge in [-0.25, -0.2) is 9.49 Å². The first-order chi connectivity index (χ1) is 17.6. The van der Waals surface area contributed by atoms with Gasteiger partial charge in [-0.15, -0.1) is 0 Å². The highest BCUT2D eigenvalue weighted by atomic mass is 19.4. The smallest absolute Gasteiger partial charge is 0.360 e. The van der Waals surface area contributed by atoms with Crippen LogP contribution in [0.2, 0.25) is 0 Å². The summed E-state index contributed by atoms with van der Waals surface area (Å²) in [6.45, 7) is 0.407. The normalized spacial score (nSPS) is 15.9. The fraction of sp³-hybridized carbons (Fsp3) is 0.292. The van der Waals surface area contributed by atoms with Crippen LogP contribution in [0.5, 0.6) is 0 Å². The van der Waals surface area contributed by atoms with Crippen LogP contribution in [-0.2, 0) is 11.2 Å². The van der Waals surface area contributed by atoms with Crippen molar-refractivity contribution in [1.82, 2.24) is 20.0 Å². The van der Waals surface area contributed by atoms with Gasteiger partial charge >= 0.3 is 6.18 Å². The third-order valence-corrected chi connectivity index (χ3v) is 5.73. The van der Waals surface area contributed by atoms with Gasteiger partial charge < -0.3 is 19.9 Å². The average Bonchev–Trinajstić information content (AvgIpc) is 2.88. The second-order valence-corrected chi connectivity index (χ2v) is 8.10. The minimum Gasteiger partial charge on any atom is -0.360 e. The number of methoxy groups -OCH3 is 1. The molecule has 2 heterocycles. The first kappa shape index (κ1) is 27.5. The van der Waals surface area contributed by atoms with E-state index in [1.807, 2.05) is 0 Å². The molecule has 37 heavy (non-hydrogen) atoms. The molecule has 0 saturated carbocycles. The summed E-state index contributed by atoms with van der Waals surface area (Å²) in [6, 6.07) is 10.8. The monoisotopic (exact) mass is 520 g/mol. The summed E-state index contributed by atoms with van der Waals surface area (Å²) in [5.74, 6) is -2.05. The van der Waals surface area contributed by atoms with Crippen molar-refractivity contribution in [2.45, 2.75) is 18.8 Å². The van der Waals surface area contributed by atoms with Crippen LogP contribution in [0.3, 0.4) is 0 Å². The number of hydrogen-bond acceptors (Lipinski definition) is 6. The molecule has 3 aromatic rings. The number of H-pyrrole nitrogens is 1. The number of nitrogens with zero attached hydrogens (tertiary/aromatic N) is 3. The van der Waals surface area contributed by atoms with Crippen LogP contribution >= 0.6 is 0 Å². The number of rotatable bonds is 5. The van der Waals surface area contributed by atoms with Crippen LogP contribution < -0.4 is 5.56 Å². The molecule has 1 aliphatic rings. The Kier molecular flexibility index (Phi) is 8.38. The maximum atomic E-state index is 14.6. The Labute approximate surface area is 208 Å². The van der Waals surface area contributed by atoms with Crippen LogP contribution in [-0.4, -0.2) is 77.6 Å². The zero-order valence-corrected chi connectivity index (χ0v) is 19.7. The van der Waals surface area contributed by atoms with E-state index in [0.29, 0.717) is 22.0 Å². The van der Waals surface area contributed by atoms with Crippen LogP contribution in [0.15, 0.2) is 47.3 Å². The number of aromatic amines is 1. The molecule has 2 aromatic carbocycles. The van der Waals surface area contributed by atoms with Gasteiger partial charge in [0.15, 0.2) is 0 Å². The molecule has 9 nitrogen and oxygen atoms in total. The quantitative estimate of drug-likeness (QED) is 0.352. The van der Waals surface area contributed by atoms with Gasteiger partial charge in [-0.05, 0) is 30.5 Å². The van der Waals surface area contributed by atoms with Gasteiger partial charge in [0.25, 0.3) is 11.5 Å². The van der Waals surface area contributed by atoms with Gasteiger partial charge in [0, 0.05) is 18.9 Å². The molecule has 0 bridgehead atoms. The zero-order chi connectivity index (χ0) is 27.3. The minimum atomic E-state index is -4.56. The van der Waals surface area contributed by atoms with Crippen LogP contribution in [0.25, 0.3) is 10.8 Å². The Morgan fingerprint density at radius 2 is 1.89 bits per heavy atom. The molecule has 1 saturated heterocycles. The number of amidine groups is 1. The van der Waals surface area contributed by atoms with E-state index in [-0.39, 0.29) is 24.1 Å². The summed E-state index contributed by atoms with van der Waals surface area (Å²) in [5.41, 5.74) is 0.419. The van der Waals surface area contributed by atoms with E-state index < -0.39 is 43.1 Å². The lowest BCUT2D eigenvalue weighted by Crippen LogP contribution is -2.60. The number of carbonyl (C=O) groups is 1. The Morgan fingerprint density at radius 3 is 2.54 bits per heavy atom. The van der Waals surface area contributed by atoms with Crippen molar-refractivity contribution < 1.29 is 27.1 Å². The molecule has 13 heteroatoms. The summed E-state index contributed by atoms with van der Waals surface area (Å²) in [4.78, 5) is 26.9. The number of benzene rings is 2. The first-order valence-electron chi connectivity index (χ1n) is 10.9. The Balaban J connectivity index is 0.00000186. The van der Waals surface area contributed by atoms with E-state index in [9.17, 15) is 27.2 Å². The Morgan fingerprint density at radius 1 is 1.22 bits per heavy atom. The molecular weight excluding hydrogens is 496 g/mol. The fourth-order valence-electron chi connectivity index (χ4n) is 4.06. The molecule has 4 rings (SSSR count). The number of piperazine rings is 1. The summed E-state index contributed by atoms with van der Waals surface area (Å²) in [5, 5.41) is 21.1. The summed E-state index contributed by atoms with van der Waals surface area (Å²) in [7, 11) is 1.18. The van der Waals surface area contributed by atoms with Gasteiger partial charge in [-0.3, -0.25) is 15.0 Å². The molecule has 1 amide bonds. The summed E-state index contributed by atoms with van der Waals surface area (Å²) in [6.07, 6.45) is -5.58. The maximum Gasteiger partial charge on any atom is 0.406 e. The topological polar surface area (TPSA) is 126 Å². The third kappa shape index (κ3) is 6.17. The van der Waals surface area contributed by atoms with E-state index >= 15 is 0 Å². The Bertz CT molecular complexity index is 1360. The van der Waals surface area contributed by atoms with Gasteiger partial charge in [0.2, 0.25) is 0 Å². The predicted molar refractivity (Wildman–Crippen MR) is 129 cm³/mol. The van der Waals surface area contributed by atoms with Crippen LogP contribution in [0.4, 0.5) is 17.6 Å². The molecule has 0 aliphatic carbocycles. The second kappa shape index (κ2) is 11.3. The van der Waals surface area contributed by atoms with Crippen molar-refractivity contribution in [2.75, 3.05) is 26.7 Å². The van der Waals surface area contributed by atoms with Crippen molar-refractivity contribution >= 4 is 29.2 Å².